The molecule has 1 rings (SSSR count). The number of benzene rings is 1. The Hall–Kier alpha value is -1.35. The van der Waals surface area contributed by atoms with Crippen molar-refractivity contribution in [2.75, 3.05) is 13.1 Å². The maximum absolute atomic E-state index is 12.8. The van der Waals surface area contributed by atoms with Crippen molar-refractivity contribution < 1.29 is 9.90 Å². The van der Waals surface area contributed by atoms with Gasteiger partial charge >= 0.3 is 0 Å². The maximum Gasteiger partial charge on any atom is 0.157 e. The van der Waals surface area contributed by atoms with Gasteiger partial charge in [0.2, 0.25) is 0 Å². The van der Waals surface area contributed by atoms with Gasteiger partial charge in [0.05, 0.1) is 5.54 Å². The molecule has 0 unspecified atom stereocenters. The second kappa shape index (κ2) is 7.44. The monoisotopic (exact) mass is 277 g/mol. The Morgan fingerprint density at radius 1 is 1.05 bits per heavy atom. The fourth-order valence-electron chi connectivity index (χ4n) is 3.06. The lowest BCUT2D eigenvalue weighted by Gasteiger charge is -2.41. The molecular weight excluding hydrogens is 250 g/mol. The van der Waals surface area contributed by atoms with Crippen LogP contribution in [0.5, 0.6) is 5.75 Å². The highest BCUT2D eigenvalue weighted by atomic mass is 16.3. The molecule has 0 aliphatic rings. The van der Waals surface area contributed by atoms with E-state index in [9.17, 15) is 9.90 Å². The van der Waals surface area contributed by atoms with E-state index in [-0.39, 0.29) is 17.1 Å². The van der Waals surface area contributed by atoms with Crippen LogP contribution >= 0.6 is 0 Å². The Kier molecular flexibility index (Phi) is 6.21. The molecule has 0 heterocycles. The van der Waals surface area contributed by atoms with Crippen LogP contribution in [0.25, 0.3) is 0 Å². The third-order valence-electron chi connectivity index (χ3n) is 4.36. The molecule has 1 aromatic carbocycles. The summed E-state index contributed by atoms with van der Waals surface area (Å²) in [5, 5.41) is 9.31. The Bertz CT molecular complexity index is 417. The third-order valence-corrected chi connectivity index (χ3v) is 4.36. The number of likely N-dealkylation sites (N-methyl/N-ethyl adjacent to an activating group) is 1. The highest BCUT2D eigenvalue weighted by Gasteiger charge is 2.38. The van der Waals surface area contributed by atoms with Crippen LogP contribution in [0.3, 0.4) is 0 Å². The largest absolute Gasteiger partial charge is 0.508 e. The summed E-state index contributed by atoms with van der Waals surface area (Å²) in [6, 6.07) is 6.93. The van der Waals surface area contributed by atoms with Crippen molar-refractivity contribution in [3.05, 3.63) is 29.8 Å². The predicted molar refractivity (Wildman–Crippen MR) is 83.1 cm³/mol. The summed E-state index contributed by atoms with van der Waals surface area (Å²) in [5.41, 5.74) is 0.604. The van der Waals surface area contributed by atoms with E-state index in [0.29, 0.717) is 6.42 Å². The molecule has 3 nitrogen and oxygen atoms in total. The van der Waals surface area contributed by atoms with Crippen molar-refractivity contribution >= 4 is 5.78 Å². The van der Waals surface area contributed by atoms with E-state index in [2.05, 4.69) is 32.6 Å². The predicted octanol–water partition coefficient (Wildman–Crippen LogP) is 3.40. The van der Waals surface area contributed by atoms with Gasteiger partial charge in [0.1, 0.15) is 5.75 Å². The number of phenolic OH excluding ortho intramolecular Hbond substituents is 1. The van der Waals surface area contributed by atoms with Crippen molar-refractivity contribution in [3.8, 4) is 5.75 Å². The van der Waals surface area contributed by atoms with Crippen LogP contribution in [0.4, 0.5) is 0 Å². The SMILES string of the molecule is CCN(CC)C(CC)(CC)C(=O)Cc1ccc(O)cc1. The molecule has 3 heteroatoms. The molecule has 0 aliphatic carbocycles. The number of ketones is 1. The van der Waals surface area contributed by atoms with Crippen molar-refractivity contribution in [1.82, 2.24) is 4.90 Å². The zero-order valence-electron chi connectivity index (χ0n) is 13.1. The maximum atomic E-state index is 12.8. The third kappa shape index (κ3) is 3.40. The summed E-state index contributed by atoms with van der Waals surface area (Å²) in [4.78, 5) is 15.1. The Balaban J connectivity index is 2.96. The Morgan fingerprint density at radius 3 is 1.95 bits per heavy atom. The molecule has 112 valence electrons. The van der Waals surface area contributed by atoms with E-state index in [0.717, 1.165) is 31.5 Å². The van der Waals surface area contributed by atoms with Crippen LogP contribution in [0.2, 0.25) is 0 Å². The molecule has 0 spiro atoms. The minimum atomic E-state index is -0.360. The first kappa shape index (κ1) is 16.7. The first-order valence-electron chi connectivity index (χ1n) is 7.60. The molecule has 1 aromatic rings. The summed E-state index contributed by atoms with van der Waals surface area (Å²) in [6.45, 7) is 10.2. The Labute approximate surface area is 122 Å². The van der Waals surface area contributed by atoms with Crippen molar-refractivity contribution in [2.24, 2.45) is 0 Å². The molecule has 0 aliphatic heterocycles. The smallest absolute Gasteiger partial charge is 0.157 e. The van der Waals surface area contributed by atoms with E-state index >= 15 is 0 Å². The van der Waals surface area contributed by atoms with Gasteiger partial charge in [0.15, 0.2) is 5.78 Å². The number of phenols is 1. The summed E-state index contributed by atoms with van der Waals surface area (Å²) < 4.78 is 0. The van der Waals surface area contributed by atoms with Gasteiger partial charge in [0, 0.05) is 6.42 Å². The number of nitrogens with zero attached hydrogens (tertiary/aromatic N) is 1. The zero-order valence-corrected chi connectivity index (χ0v) is 13.1. The number of hydrogen-bond acceptors (Lipinski definition) is 3. The lowest BCUT2D eigenvalue weighted by molar-refractivity contribution is -0.131. The van der Waals surface area contributed by atoms with Gasteiger partial charge < -0.3 is 5.11 Å². The van der Waals surface area contributed by atoms with Gasteiger partial charge in [-0.25, -0.2) is 0 Å². The van der Waals surface area contributed by atoms with E-state index in [1.165, 1.54) is 0 Å². The highest BCUT2D eigenvalue weighted by molar-refractivity contribution is 5.90. The van der Waals surface area contributed by atoms with E-state index in [4.69, 9.17) is 0 Å². The van der Waals surface area contributed by atoms with Gasteiger partial charge in [-0.15, -0.1) is 0 Å². The summed E-state index contributed by atoms with van der Waals surface area (Å²) in [6.07, 6.45) is 2.10. The van der Waals surface area contributed by atoms with E-state index in [1.54, 1.807) is 12.1 Å². The van der Waals surface area contributed by atoms with Gasteiger partial charge in [-0.2, -0.15) is 0 Å². The Morgan fingerprint density at radius 2 is 1.55 bits per heavy atom. The number of carbonyl (C=O) groups is 1. The lowest BCUT2D eigenvalue weighted by atomic mass is 9.83. The second-order valence-electron chi connectivity index (χ2n) is 5.18. The zero-order chi connectivity index (χ0) is 15.2. The summed E-state index contributed by atoms with van der Waals surface area (Å²) in [5.74, 6) is 0.513. The number of carbonyl (C=O) groups excluding carboxylic acids is 1. The molecule has 0 aromatic heterocycles. The first-order valence-corrected chi connectivity index (χ1v) is 7.60. The molecule has 20 heavy (non-hydrogen) atoms. The van der Waals surface area contributed by atoms with E-state index in [1.807, 2.05) is 12.1 Å². The molecule has 0 saturated carbocycles. The van der Waals surface area contributed by atoms with Crippen molar-refractivity contribution in [3.63, 3.8) is 0 Å². The summed E-state index contributed by atoms with van der Waals surface area (Å²) >= 11 is 0. The lowest BCUT2D eigenvalue weighted by Crippen LogP contribution is -2.54. The van der Waals surface area contributed by atoms with Gasteiger partial charge in [0.25, 0.3) is 0 Å². The molecule has 0 amide bonds. The van der Waals surface area contributed by atoms with Crippen LogP contribution in [-0.4, -0.2) is 34.4 Å². The minimum absolute atomic E-state index is 0.238. The fraction of sp³-hybridized carbons (Fsp3) is 0.588. The number of Topliss-reactive ketones (excluding diaryl/α,β-unsaturated/α-hetero) is 1. The van der Waals surface area contributed by atoms with E-state index < -0.39 is 0 Å². The first-order chi connectivity index (χ1) is 9.53. The van der Waals surface area contributed by atoms with Gasteiger partial charge in [-0.3, -0.25) is 9.69 Å². The molecule has 0 bridgehead atoms. The van der Waals surface area contributed by atoms with Crippen LogP contribution in [0.1, 0.15) is 46.1 Å². The molecule has 1 N–H and O–H groups in total. The fourth-order valence-corrected chi connectivity index (χ4v) is 3.06. The average molecular weight is 277 g/mol. The molecule has 0 fully saturated rings. The quantitative estimate of drug-likeness (QED) is 0.791. The van der Waals surface area contributed by atoms with Crippen LogP contribution in [0, 0.1) is 0 Å². The topological polar surface area (TPSA) is 40.5 Å². The normalized spacial score (nSPS) is 11.8. The highest BCUT2D eigenvalue weighted by Crippen LogP contribution is 2.27. The van der Waals surface area contributed by atoms with Gasteiger partial charge in [-0.05, 0) is 43.6 Å². The molecular formula is C17H27NO2. The molecule has 0 atom stereocenters. The number of aromatic hydroxyl groups is 1. The van der Waals surface area contributed by atoms with Crippen molar-refractivity contribution in [2.45, 2.75) is 52.5 Å². The molecule has 0 radical (unpaired) electrons. The number of hydrogen-bond donors (Lipinski definition) is 1. The van der Waals surface area contributed by atoms with Crippen molar-refractivity contribution in [1.29, 1.82) is 0 Å². The summed E-state index contributed by atoms with van der Waals surface area (Å²) in [7, 11) is 0. The van der Waals surface area contributed by atoms with Crippen LogP contribution in [-0.2, 0) is 11.2 Å². The average Bonchev–Trinajstić information content (AvgIpc) is 2.47. The minimum Gasteiger partial charge on any atom is -0.508 e. The standard InChI is InChI=1S/C17H27NO2/c1-5-17(6-2,18(7-3)8-4)16(20)13-14-9-11-15(19)12-10-14/h9-12,19H,5-8,13H2,1-4H3. The van der Waals surface area contributed by atoms with Crippen LogP contribution in [0.15, 0.2) is 24.3 Å². The van der Waals surface area contributed by atoms with Crippen LogP contribution < -0.4 is 0 Å². The molecule has 0 saturated heterocycles. The van der Waals surface area contributed by atoms with Gasteiger partial charge in [-0.1, -0.05) is 39.8 Å². The number of rotatable bonds is 8. The second-order valence-corrected chi connectivity index (χ2v) is 5.18.